The number of pyridine rings is 1. The maximum absolute atomic E-state index is 11.6. The highest BCUT2D eigenvalue weighted by molar-refractivity contribution is 7.92. The molecule has 0 aliphatic heterocycles. The van der Waals surface area contributed by atoms with Crippen molar-refractivity contribution in [2.75, 3.05) is 17.6 Å². The molecular formula is C10H14N2O4S. The average molecular weight is 258 g/mol. The molecule has 0 aliphatic carbocycles. The van der Waals surface area contributed by atoms with Crippen molar-refractivity contribution in [1.29, 1.82) is 0 Å². The third kappa shape index (κ3) is 5.30. The Morgan fingerprint density at radius 2 is 2.06 bits per heavy atom. The number of nitrogens with one attached hydrogen (secondary N) is 1. The van der Waals surface area contributed by atoms with Gasteiger partial charge in [-0.2, -0.15) is 0 Å². The highest BCUT2D eigenvalue weighted by Gasteiger charge is 2.11. The number of aromatic nitrogens is 1. The van der Waals surface area contributed by atoms with Crippen molar-refractivity contribution >= 4 is 21.7 Å². The molecular weight excluding hydrogens is 244 g/mol. The number of carbonyl (C=O) groups is 1. The van der Waals surface area contributed by atoms with Crippen molar-refractivity contribution < 1.29 is 17.9 Å². The number of carbonyl (C=O) groups excluding carboxylic acids is 1. The van der Waals surface area contributed by atoms with Gasteiger partial charge in [0.2, 0.25) is 10.0 Å². The van der Waals surface area contributed by atoms with E-state index in [1.54, 1.807) is 12.1 Å². The predicted molar refractivity (Wildman–Crippen MR) is 62.9 cm³/mol. The minimum Gasteiger partial charge on any atom is -0.469 e. The predicted octanol–water partition coefficient (Wildman–Crippen LogP) is 0.776. The first-order valence-electron chi connectivity index (χ1n) is 5.01. The summed E-state index contributed by atoms with van der Waals surface area (Å²) in [6.07, 6.45) is 3.31. The summed E-state index contributed by atoms with van der Waals surface area (Å²) in [5.74, 6) is -0.533. The first-order valence-corrected chi connectivity index (χ1v) is 6.66. The van der Waals surface area contributed by atoms with E-state index in [1.807, 2.05) is 0 Å². The van der Waals surface area contributed by atoms with Gasteiger partial charge in [0.25, 0.3) is 0 Å². The van der Waals surface area contributed by atoms with E-state index in [4.69, 9.17) is 0 Å². The fourth-order valence-electron chi connectivity index (χ4n) is 1.16. The third-order valence-corrected chi connectivity index (χ3v) is 3.35. The Bertz CT molecular complexity index is 458. The maximum atomic E-state index is 11.6. The van der Waals surface area contributed by atoms with Gasteiger partial charge in [0.05, 0.1) is 18.6 Å². The van der Waals surface area contributed by atoms with Crippen LogP contribution >= 0.6 is 0 Å². The van der Waals surface area contributed by atoms with Gasteiger partial charge >= 0.3 is 5.97 Å². The Morgan fingerprint density at radius 3 is 2.65 bits per heavy atom. The lowest BCUT2D eigenvalue weighted by atomic mass is 10.3. The minimum atomic E-state index is -3.42. The van der Waals surface area contributed by atoms with E-state index in [9.17, 15) is 13.2 Å². The molecule has 1 rings (SSSR count). The van der Waals surface area contributed by atoms with Gasteiger partial charge in [-0.3, -0.25) is 14.5 Å². The van der Waals surface area contributed by atoms with Gasteiger partial charge in [-0.25, -0.2) is 8.42 Å². The molecule has 1 N–H and O–H groups in total. The number of ether oxygens (including phenoxy) is 1. The number of nitrogens with zero attached hydrogens (tertiary/aromatic N) is 1. The number of hydrogen-bond acceptors (Lipinski definition) is 5. The molecule has 0 aromatic carbocycles. The van der Waals surface area contributed by atoms with Gasteiger partial charge in [0.1, 0.15) is 0 Å². The Hall–Kier alpha value is -1.63. The monoisotopic (exact) mass is 258 g/mol. The largest absolute Gasteiger partial charge is 0.469 e. The summed E-state index contributed by atoms with van der Waals surface area (Å²) in [6.45, 7) is 0. The van der Waals surface area contributed by atoms with E-state index in [0.29, 0.717) is 5.69 Å². The Labute approximate surface area is 100 Å². The minimum absolute atomic E-state index is 0.0910. The summed E-state index contributed by atoms with van der Waals surface area (Å²) >= 11 is 0. The summed E-state index contributed by atoms with van der Waals surface area (Å²) < 4.78 is 30.0. The lowest BCUT2D eigenvalue weighted by Gasteiger charge is -2.06. The summed E-state index contributed by atoms with van der Waals surface area (Å²) in [4.78, 5) is 14.6. The number of methoxy groups -OCH3 is 1. The van der Waals surface area contributed by atoms with Gasteiger partial charge in [-0.15, -0.1) is 0 Å². The average Bonchev–Trinajstić information content (AvgIpc) is 2.29. The normalized spacial score (nSPS) is 10.9. The number of sulfonamides is 1. The first-order chi connectivity index (χ1) is 8.03. The second kappa shape index (κ2) is 6.19. The van der Waals surface area contributed by atoms with E-state index in [2.05, 4.69) is 14.4 Å². The molecule has 1 aromatic rings. The highest BCUT2D eigenvalue weighted by atomic mass is 32.2. The summed E-state index contributed by atoms with van der Waals surface area (Å²) in [7, 11) is -2.15. The Kier molecular flexibility index (Phi) is 4.89. The van der Waals surface area contributed by atoms with E-state index < -0.39 is 16.0 Å². The number of rotatable bonds is 6. The molecule has 0 radical (unpaired) electrons. The topological polar surface area (TPSA) is 85.4 Å². The molecule has 1 heterocycles. The van der Waals surface area contributed by atoms with Gasteiger partial charge in [-0.05, 0) is 18.6 Å². The maximum Gasteiger partial charge on any atom is 0.305 e. The Morgan fingerprint density at radius 1 is 1.41 bits per heavy atom. The SMILES string of the molecule is COC(=O)CCCS(=O)(=O)Nc1ccncc1. The first kappa shape index (κ1) is 13.4. The number of esters is 1. The van der Waals surface area contributed by atoms with Crippen LogP contribution < -0.4 is 4.72 Å². The van der Waals surface area contributed by atoms with Crippen LogP contribution in [0.2, 0.25) is 0 Å². The smallest absolute Gasteiger partial charge is 0.305 e. The lowest BCUT2D eigenvalue weighted by molar-refractivity contribution is -0.140. The van der Waals surface area contributed by atoms with Crippen molar-refractivity contribution in [3.05, 3.63) is 24.5 Å². The second-order valence-electron chi connectivity index (χ2n) is 3.34. The third-order valence-electron chi connectivity index (χ3n) is 1.98. The standard InChI is InChI=1S/C10H14N2O4S/c1-16-10(13)3-2-8-17(14,15)12-9-4-6-11-7-5-9/h4-7H,2-3,8H2,1H3,(H,11,12). The number of hydrogen-bond donors (Lipinski definition) is 1. The molecule has 0 saturated heterocycles. The lowest BCUT2D eigenvalue weighted by Crippen LogP contribution is -2.17. The quantitative estimate of drug-likeness (QED) is 0.762. The van der Waals surface area contributed by atoms with Gasteiger partial charge < -0.3 is 4.74 Å². The molecule has 0 fully saturated rings. The zero-order valence-corrected chi connectivity index (χ0v) is 10.2. The van der Waals surface area contributed by atoms with Crippen molar-refractivity contribution in [3.63, 3.8) is 0 Å². The molecule has 0 unspecified atom stereocenters. The van der Waals surface area contributed by atoms with Crippen LogP contribution in [-0.4, -0.2) is 32.2 Å². The van der Waals surface area contributed by atoms with Gasteiger partial charge in [-0.1, -0.05) is 0 Å². The van der Waals surface area contributed by atoms with Crippen LogP contribution in [0.5, 0.6) is 0 Å². The van der Waals surface area contributed by atoms with Crippen LogP contribution in [-0.2, 0) is 19.6 Å². The van der Waals surface area contributed by atoms with Gasteiger partial charge in [0.15, 0.2) is 0 Å². The zero-order valence-electron chi connectivity index (χ0n) is 9.42. The van der Waals surface area contributed by atoms with Crippen molar-refractivity contribution in [3.8, 4) is 0 Å². The fraction of sp³-hybridized carbons (Fsp3) is 0.400. The second-order valence-corrected chi connectivity index (χ2v) is 5.18. The van der Waals surface area contributed by atoms with Crippen molar-refractivity contribution in [2.24, 2.45) is 0 Å². The van der Waals surface area contributed by atoms with Gasteiger partial charge in [0, 0.05) is 18.8 Å². The molecule has 17 heavy (non-hydrogen) atoms. The van der Waals surface area contributed by atoms with E-state index in [0.717, 1.165) is 0 Å². The molecule has 0 atom stereocenters. The van der Waals surface area contributed by atoms with Crippen LogP contribution in [0.25, 0.3) is 0 Å². The zero-order chi connectivity index (χ0) is 12.7. The van der Waals surface area contributed by atoms with E-state index in [-0.39, 0.29) is 18.6 Å². The molecule has 0 spiro atoms. The molecule has 0 bridgehead atoms. The van der Waals surface area contributed by atoms with E-state index >= 15 is 0 Å². The number of anilines is 1. The Balaban J connectivity index is 2.44. The van der Waals surface area contributed by atoms with Crippen LogP contribution in [0.1, 0.15) is 12.8 Å². The summed E-state index contributed by atoms with van der Waals surface area (Å²) in [6, 6.07) is 3.11. The summed E-state index contributed by atoms with van der Waals surface area (Å²) in [5, 5.41) is 0. The highest BCUT2D eigenvalue weighted by Crippen LogP contribution is 2.08. The van der Waals surface area contributed by atoms with Crippen LogP contribution in [0.3, 0.4) is 0 Å². The molecule has 0 saturated carbocycles. The fourth-order valence-corrected chi connectivity index (χ4v) is 2.28. The molecule has 0 aliphatic rings. The van der Waals surface area contributed by atoms with Crippen LogP contribution in [0.4, 0.5) is 5.69 Å². The van der Waals surface area contributed by atoms with Crippen LogP contribution in [0.15, 0.2) is 24.5 Å². The van der Waals surface area contributed by atoms with E-state index in [1.165, 1.54) is 19.5 Å². The molecule has 94 valence electrons. The molecule has 6 nitrogen and oxygen atoms in total. The van der Waals surface area contributed by atoms with Crippen molar-refractivity contribution in [1.82, 2.24) is 4.98 Å². The summed E-state index contributed by atoms with van der Waals surface area (Å²) in [5.41, 5.74) is 0.457. The van der Waals surface area contributed by atoms with Crippen molar-refractivity contribution in [2.45, 2.75) is 12.8 Å². The van der Waals surface area contributed by atoms with Crippen LogP contribution in [0, 0.1) is 0 Å². The molecule has 0 amide bonds. The molecule has 1 aromatic heterocycles. The molecule has 7 heteroatoms.